The highest BCUT2D eigenvalue weighted by molar-refractivity contribution is 5.79. The molecule has 23 heavy (non-hydrogen) atoms. The highest BCUT2D eigenvalue weighted by atomic mass is 16.2. The number of amides is 3. The third-order valence-electron chi connectivity index (χ3n) is 4.04. The van der Waals surface area contributed by atoms with Crippen LogP contribution < -0.4 is 10.6 Å². The molecule has 0 aliphatic carbocycles. The van der Waals surface area contributed by atoms with E-state index in [9.17, 15) is 9.59 Å². The Morgan fingerprint density at radius 3 is 2.57 bits per heavy atom. The lowest BCUT2D eigenvalue weighted by atomic mass is 10.0. The standard InChI is InChI=1S/C18H27N3O2/c1-13(2)19-18(23)20-16-7-9-21(10-8-16)17(22)12-15-6-4-5-14(3)11-15/h4-6,11,13,16H,7-10,12H2,1-3H3,(H2,19,20,23). The smallest absolute Gasteiger partial charge is 0.315 e. The first kappa shape index (κ1) is 17.3. The maximum atomic E-state index is 12.4. The summed E-state index contributed by atoms with van der Waals surface area (Å²) in [6.45, 7) is 7.32. The Morgan fingerprint density at radius 2 is 1.96 bits per heavy atom. The van der Waals surface area contributed by atoms with Gasteiger partial charge in [-0.25, -0.2) is 4.79 Å². The van der Waals surface area contributed by atoms with Crippen molar-refractivity contribution < 1.29 is 9.59 Å². The van der Waals surface area contributed by atoms with Gasteiger partial charge in [-0.1, -0.05) is 29.8 Å². The number of hydrogen-bond acceptors (Lipinski definition) is 2. The van der Waals surface area contributed by atoms with E-state index in [0.29, 0.717) is 19.5 Å². The average molecular weight is 317 g/mol. The molecule has 0 radical (unpaired) electrons. The topological polar surface area (TPSA) is 61.4 Å². The lowest BCUT2D eigenvalue weighted by Crippen LogP contribution is -2.50. The van der Waals surface area contributed by atoms with Crippen molar-refractivity contribution in [2.45, 2.75) is 52.1 Å². The summed E-state index contributed by atoms with van der Waals surface area (Å²) in [5, 5.41) is 5.81. The number of likely N-dealkylation sites (tertiary alicyclic amines) is 1. The van der Waals surface area contributed by atoms with Crippen molar-refractivity contribution in [3.63, 3.8) is 0 Å². The third-order valence-corrected chi connectivity index (χ3v) is 4.04. The first-order valence-electron chi connectivity index (χ1n) is 8.34. The van der Waals surface area contributed by atoms with Gasteiger partial charge in [0.05, 0.1) is 6.42 Å². The van der Waals surface area contributed by atoms with Gasteiger partial charge in [-0.3, -0.25) is 4.79 Å². The molecular weight excluding hydrogens is 290 g/mol. The summed E-state index contributed by atoms with van der Waals surface area (Å²) in [4.78, 5) is 26.0. The third kappa shape index (κ3) is 5.58. The quantitative estimate of drug-likeness (QED) is 0.894. The Balaban J connectivity index is 1.77. The summed E-state index contributed by atoms with van der Waals surface area (Å²) in [7, 11) is 0. The van der Waals surface area contributed by atoms with Gasteiger partial charge < -0.3 is 15.5 Å². The van der Waals surface area contributed by atoms with E-state index < -0.39 is 0 Å². The molecule has 0 saturated carbocycles. The first-order valence-corrected chi connectivity index (χ1v) is 8.34. The fraction of sp³-hybridized carbons (Fsp3) is 0.556. The minimum atomic E-state index is -0.121. The van der Waals surface area contributed by atoms with Crippen LogP contribution in [0.15, 0.2) is 24.3 Å². The number of urea groups is 1. The van der Waals surface area contributed by atoms with Gasteiger partial charge in [0, 0.05) is 25.2 Å². The highest BCUT2D eigenvalue weighted by Gasteiger charge is 2.23. The minimum Gasteiger partial charge on any atom is -0.342 e. The van der Waals surface area contributed by atoms with Crippen LogP contribution >= 0.6 is 0 Å². The van der Waals surface area contributed by atoms with E-state index in [2.05, 4.69) is 16.7 Å². The zero-order chi connectivity index (χ0) is 16.8. The maximum absolute atomic E-state index is 12.4. The lowest BCUT2D eigenvalue weighted by molar-refractivity contribution is -0.131. The Labute approximate surface area is 138 Å². The van der Waals surface area contributed by atoms with Crippen LogP contribution in [0.5, 0.6) is 0 Å². The average Bonchev–Trinajstić information content (AvgIpc) is 2.47. The molecule has 1 aliphatic rings. The summed E-state index contributed by atoms with van der Waals surface area (Å²) < 4.78 is 0. The predicted octanol–water partition coefficient (Wildman–Crippen LogP) is 2.24. The Hall–Kier alpha value is -2.04. The number of nitrogens with zero attached hydrogens (tertiary/aromatic N) is 1. The van der Waals surface area contributed by atoms with Gasteiger partial charge in [-0.05, 0) is 39.2 Å². The van der Waals surface area contributed by atoms with Crippen LogP contribution in [0.2, 0.25) is 0 Å². The molecule has 2 rings (SSSR count). The van der Waals surface area contributed by atoms with Crippen LogP contribution in [0.4, 0.5) is 4.79 Å². The van der Waals surface area contributed by atoms with Crippen molar-refractivity contribution >= 4 is 11.9 Å². The zero-order valence-corrected chi connectivity index (χ0v) is 14.3. The van der Waals surface area contributed by atoms with E-state index in [1.165, 1.54) is 5.56 Å². The maximum Gasteiger partial charge on any atom is 0.315 e. The molecule has 1 saturated heterocycles. The Kier molecular flexibility index (Phi) is 6.02. The fourth-order valence-corrected chi connectivity index (χ4v) is 2.87. The van der Waals surface area contributed by atoms with Crippen LogP contribution in [0, 0.1) is 6.92 Å². The molecular formula is C18H27N3O2. The molecule has 0 atom stereocenters. The van der Waals surface area contributed by atoms with Crippen molar-refractivity contribution in [1.82, 2.24) is 15.5 Å². The Bertz CT molecular complexity index is 549. The largest absolute Gasteiger partial charge is 0.342 e. The normalized spacial score (nSPS) is 15.6. The van der Waals surface area contributed by atoms with E-state index in [1.807, 2.05) is 43.9 Å². The van der Waals surface area contributed by atoms with Crippen molar-refractivity contribution in [2.24, 2.45) is 0 Å². The molecule has 1 aliphatic heterocycles. The lowest BCUT2D eigenvalue weighted by Gasteiger charge is -2.32. The van der Waals surface area contributed by atoms with Crippen molar-refractivity contribution in [2.75, 3.05) is 13.1 Å². The van der Waals surface area contributed by atoms with E-state index >= 15 is 0 Å². The van der Waals surface area contributed by atoms with E-state index in [1.54, 1.807) is 0 Å². The molecule has 1 aromatic rings. The number of nitrogens with one attached hydrogen (secondary N) is 2. The molecule has 126 valence electrons. The molecule has 3 amide bonds. The van der Waals surface area contributed by atoms with Crippen molar-refractivity contribution in [3.05, 3.63) is 35.4 Å². The molecule has 0 aromatic heterocycles. The molecule has 1 aromatic carbocycles. The molecule has 5 heteroatoms. The summed E-state index contributed by atoms with van der Waals surface area (Å²) in [6, 6.07) is 8.24. The van der Waals surface area contributed by atoms with Crippen LogP contribution in [-0.4, -0.2) is 42.0 Å². The number of rotatable bonds is 4. The van der Waals surface area contributed by atoms with Crippen LogP contribution in [0.25, 0.3) is 0 Å². The molecule has 5 nitrogen and oxygen atoms in total. The van der Waals surface area contributed by atoms with Crippen molar-refractivity contribution in [3.8, 4) is 0 Å². The second kappa shape index (κ2) is 7.99. The number of piperidine rings is 1. The van der Waals surface area contributed by atoms with Crippen LogP contribution in [-0.2, 0) is 11.2 Å². The highest BCUT2D eigenvalue weighted by Crippen LogP contribution is 2.13. The van der Waals surface area contributed by atoms with E-state index in [0.717, 1.165) is 18.4 Å². The van der Waals surface area contributed by atoms with Gasteiger partial charge in [0.2, 0.25) is 5.91 Å². The minimum absolute atomic E-state index is 0.121. The van der Waals surface area contributed by atoms with Gasteiger partial charge in [-0.2, -0.15) is 0 Å². The number of hydrogen-bond donors (Lipinski definition) is 2. The number of carbonyl (C=O) groups is 2. The predicted molar refractivity (Wildman–Crippen MR) is 91.3 cm³/mol. The number of benzene rings is 1. The first-order chi connectivity index (χ1) is 10.9. The van der Waals surface area contributed by atoms with Gasteiger partial charge >= 0.3 is 6.03 Å². The number of carbonyl (C=O) groups excluding carboxylic acids is 2. The molecule has 0 bridgehead atoms. The van der Waals surface area contributed by atoms with Gasteiger partial charge in [0.25, 0.3) is 0 Å². The molecule has 0 unspecified atom stereocenters. The monoisotopic (exact) mass is 317 g/mol. The summed E-state index contributed by atoms with van der Waals surface area (Å²) in [6.07, 6.45) is 2.07. The summed E-state index contributed by atoms with van der Waals surface area (Å²) in [5.41, 5.74) is 2.24. The van der Waals surface area contributed by atoms with Crippen LogP contribution in [0.1, 0.15) is 37.8 Å². The zero-order valence-electron chi connectivity index (χ0n) is 14.3. The van der Waals surface area contributed by atoms with Crippen molar-refractivity contribution in [1.29, 1.82) is 0 Å². The molecule has 1 fully saturated rings. The van der Waals surface area contributed by atoms with E-state index in [-0.39, 0.29) is 24.0 Å². The van der Waals surface area contributed by atoms with Crippen LogP contribution in [0.3, 0.4) is 0 Å². The van der Waals surface area contributed by atoms with E-state index in [4.69, 9.17) is 0 Å². The molecule has 0 spiro atoms. The summed E-state index contributed by atoms with van der Waals surface area (Å²) in [5.74, 6) is 0.167. The number of aryl methyl sites for hydroxylation is 1. The molecule has 1 heterocycles. The summed E-state index contributed by atoms with van der Waals surface area (Å²) >= 11 is 0. The molecule has 2 N–H and O–H groups in total. The van der Waals surface area contributed by atoms with Gasteiger partial charge in [0.15, 0.2) is 0 Å². The fourth-order valence-electron chi connectivity index (χ4n) is 2.87. The van der Waals surface area contributed by atoms with Gasteiger partial charge in [0.1, 0.15) is 0 Å². The van der Waals surface area contributed by atoms with Gasteiger partial charge in [-0.15, -0.1) is 0 Å². The Morgan fingerprint density at radius 1 is 1.26 bits per heavy atom. The SMILES string of the molecule is Cc1cccc(CC(=O)N2CCC(NC(=O)NC(C)C)CC2)c1. The second-order valence-corrected chi connectivity index (χ2v) is 6.59. The second-order valence-electron chi connectivity index (χ2n) is 6.59.